The maximum Gasteiger partial charge on any atom is 0.100 e. The first-order valence-electron chi connectivity index (χ1n) is 3.57. The monoisotopic (exact) mass is 172 g/mol. The number of hydrogen-bond acceptors (Lipinski definition) is 2. The Morgan fingerprint density at radius 2 is 2.64 bits per heavy atom. The second kappa shape index (κ2) is 2.50. The third kappa shape index (κ3) is 1.39. The Kier molecular flexibility index (Phi) is 1.62. The molecule has 1 aliphatic heterocycles. The van der Waals surface area contributed by atoms with E-state index in [-0.39, 0.29) is 0 Å². The summed E-state index contributed by atoms with van der Waals surface area (Å²) in [7, 11) is 0. The molecule has 0 spiro atoms. The van der Waals surface area contributed by atoms with E-state index in [1.54, 1.807) is 6.20 Å². The molecule has 1 aromatic rings. The number of rotatable bonds is 2. The average molecular weight is 173 g/mol. The number of ether oxygens (including phenoxy) is 1. The molecular formula is C7H9ClN2O. The summed E-state index contributed by atoms with van der Waals surface area (Å²) in [5.41, 5.74) is 1.02. The molecule has 11 heavy (non-hydrogen) atoms. The van der Waals surface area contributed by atoms with E-state index >= 15 is 0 Å². The van der Waals surface area contributed by atoms with Crippen LogP contribution in [0.5, 0.6) is 0 Å². The van der Waals surface area contributed by atoms with Crippen LogP contribution in [0, 0.1) is 6.92 Å². The second-order valence-corrected chi connectivity index (χ2v) is 3.12. The quantitative estimate of drug-likeness (QED) is 0.629. The normalized spacial score (nSPS) is 22.2. The number of epoxide rings is 1. The van der Waals surface area contributed by atoms with Crippen LogP contribution in [0.4, 0.5) is 0 Å². The number of halogens is 1. The lowest BCUT2D eigenvalue weighted by atomic mass is 10.4. The zero-order valence-electron chi connectivity index (χ0n) is 6.25. The number of aromatic nitrogens is 2. The van der Waals surface area contributed by atoms with Gasteiger partial charge in [0.25, 0.3) is 0 Å². The molecule has 0 N–H and O–H groups in total. The molecule has 0 aromatic carbocycles. The Labute approximate surface area is 69.9 Å². The molecule has 0 aliphatic carbocycles. The molecule has 1 fully saturated rings. The maximum absolute atomic E-state index is 5.81. The molecule has 0 bridgehead atoms. The van der Waals surface area contributed by atoms with Crippen LogP contribution in [-0.2, 0) is 11.3 Å². The lowest BCUT2D eigenvalue weighted by Crippen LogP contribution is -2.07. The van der Waals surface area contributed by atoms with Crippen LogP contribution in [0.2, 0.25) is 5.02 Å². The molecule has 1 aromatic heterocycles. The molecule has 2 heterocycles. The van der Waals surface area contributed by atoms with E-state index in [1.165, 1.54) is 0 Å². The van der Waals surface area contributed by atoms with Gasteiger partial charge in [-0.05, 0) is 6.92 Å². The molecule has 1 atom stereocenters. The van der Waals surface area contributed by atoms with Gasteiger partial charge in [-0.15, -0.1) is 0 Å². The topological polar surface area (TPSA) is 30.4 Å². The fourth-order valence-electron chi connectivity index (χ4n) is 0.974. The summed E-state index contributed by atoms with van der Waals surface area (Å²) in [5, 5.41) is 4.83. The van der Waals surface area contributed by atoms with Gasteiger partial charge in [0.15, 0.2) is 0 Å². The van der Waals surface area contributed by atoms with E-state index in [1.807, 2.05) is 11.6 Å². The zero-order valence-corrected chi connectivity index (χ0v) is 7.01. The molecule has 0 unspecified atom stereocenters. The second-order valence-electron chi connectivity index (χ2n) is 2.72. The van der Waals surface area contributed by atoms with Crippen molar-refractivity contribution in [1.29, 1.82) is 0 Å². The molecule has 3 nitrogen and oxygen atoms in total. The summed E-state index contributed by atoms with van der Waals surface area (Å²) in [4.78, 5) is 0. The van der Waals surface area contributed by atoms with Crippen molar-refractivity contribution < 1.29 is 4.74 Å². The van der Waals surface area contributed by atoms with Crippen LogP contribution in [0.15, 0.2) is 6.20 Å². The molecule has 1 aliphatic rings. The molecule has 4 heteroatoms. The predicted molar refractivity (Wildman–Crippen MR) is 41.7 cm³/mol. The number of nitrogens with zero attached hydrogens (tertiary/aromatic N) is 2. The van der Waals surface area contributed by atoms with Gasteiger partial charge in [0, 0.05) is 0 Å². The first-order chi connectivity index (χ1) is 5.27. The highest BCUT2D eigenvalue weighted by atomic mass is 35.5. The SMILES string of the molecule is Cc1c(Cl)cnn1C[C@@H]1CO1. The molecule has 2 rings (SSSR count). The van der Waals surface area contributed by atoms with Crippen molar-refractivity contribution in [2.24, 2.45) is 0 Å². The highest BCUT2D eigenvalue weighted by molar-refractivity contribution is 6.31. The minimum Gasteiger partial charge on any atom is -0.371 e. The van der Waals surface area contributed by atoms with Crippen molar-refractivity contribution in [3.63, 3.8) is 0 Å². The van der Waals surface area contributed by atoms with Crippen molar-refractivity contribution in [1.82, 2.24) is 9.78 Å². The maximum atomic E-state index is 5.81. The van der Waals surface area contributed by atoms with Gasteiger partial charge >= 0.3 is 0 Å². The highest BCUT2D eigenvalue weighted by Gasteiger charge is 2.23. The van der Waals surface area contributed by atoms with Crippen LogP contribution in [0.25, 0.3) is 0 Å². The Hall–Kier alpha value is -0.540. The Bertz CT molecular complexity index is 267. The van der Waals surface area contributed by atoms with Crippen molar-refractivity contribution in [2.45, 2.75) is 19.6 Å². The first kappa shape index (κ1) is 7.13. The summed E-state index contributed by atoms with van der Waals surface area (Å²) in [6, 6.07) is 0. The van der Waals surface area contributed by atoms with Gasteiger partial charge in [-0.2, -0.15) is 5.10 Å². The van der Waals surface area contributed by atoms with E-state index < -0.39 is 0 Å². The van der Waals surface area contributed by atoms with Gasteiger partial charge in [-0.1, -0.05) is 11.6 Å². The third-order valence-electron chi connectivity index (χ3n) is 1.82. The van der Waals surface area contributed by atoms with Crippen LogP contribution in [0.1, 0.15) is 5.69 Å². The minimum absolute atomic E-state index is 0.365. The van der Waals surface area contributed by atoms with E-state index in [0.717, 1.165) is 23.9 Å². The molecular weight excluding hydrogens is 164 g/mol. The fourth-order valence-corrected chi connectivity index (χ4v) is 1.12. The zero-order chi connectivity index (χ0) is 7.84. The average Bonchev–Trinajstić information content (AvgIpc) is 2.74. The van der Waals surface area contributed by atoms with Crippen LogP contribution in [-0.4, -0.2) is 22.5 Å². The molecule has 0 saturated carbocycles. The highest BCUT2D eigenvalue weighted by Crippen LogP contribution is 2.17. The van der Waals surface area contributed by atoms with Gasteiger partial charge in [0.1, 0.15) is 6.10 Å². The van der Waals surface area contributed by atoms with Crippen molar-refractivity contribution in [2.75, 3.05) is 6.61 Å². The Morgan fingerprint density at radius 1 is 1.91 bits per heavy atom. The Balaban J connectivity index is 2.15. The number of hydrogen-bond donors (Lipinski definition) is 0. The van der Waals surface area contributed by atoms with Crippen molar-refractivity contribution in [3.8, 4) is 0 Å². The fraction of sp³-hybridized carbons (Fsp3) is 0.571. The lowest BCUT2D eigenvalue weighted by Gasteiger charge is -1.99. The summed E-state index contributed by atoms with van der Waals surface area (Å²) in [5.74, 6) is 0. The van der Waals surface area contributed by atoms with Gasteiger partial charge in [0.2, 0.25) is 0 Å². The van der Waals surface area contributed by atoms with Crippen LogP contribution < -0.4 is 0 Å². The van der Waals surface area contributed by atoms with Crippen LogP contribution in [0.3, 0.4) is 0 Å². The van der Waals surface area contributed by atoms with Crippen molar-refractivity contribution >= 4 is 11.6 Å². The van der Waals surface area contributed by atoms with E-state index in [2.05, 4.69) is 5.10 Å². The van der Waals surface area contributed by atoms with Crippen molar-refractivity contribution in [3.05, 3.63) is 16.9 Å². The minimum atomic E-state index is 0.365. The van der Waals surface area contributed by atoms with E-state index in [4.69, 9.17) is 16.3 Å². The van der Waals surface area contributed by atoms with Gasteiger partial charge in [-0.3, -0.25) is 4.68 Å². The van der Waals surface area contributed by atoms with Crippen LogP contribution >= 0.6 is 11.6 Å². The van der Waals surface area contributed by atoms with Gasteiger partial charge < -0.3 is 4.74 Å². The standard InChI is InChI=1S/C7H9ClN2O/c1-5-7(8)2-9-10(5)3-6-4-11-6/h2,6H,3-4H2,1H3/t6-/m1/s1. The summed E-state index contributed by atoms with van der Waals surface area (Å²) < 4.78 is 6.95. The lowest BCUT2D eigenvalue weighted by molar-refractivity contribution is 0.371. The van der Waals surface area contributed by atoms with Gasteiger partial charge in [-0.25, -0.2) is 0 Å². The summed E-state index contributed by atoms with van der Waals surface area (Å²) in [6.45, 7) is 3.65. The predicted octanol–water partition coefficient (Wildman–Crippen LogP) is 1.24. The summed E-state index contributed by atoms with van der Waals surface area (Å²) in [6.07, 6.45) is 2.03. The molecule has 60 valence electrons. The van der Waals surface area contributed by atoms with Gasteiger partial charge in [0.05, 0.1) is 30.1 Å². The van der Waals surface area contributed by atoms with E-state index in [9.17, 15) is 0 Å². The Morgan fingerprint density at radius 3 is 3.09 bits per heavy atom. The smallest absolute Gasteiger partial charge is 0.100 e. The summed E-state index contributed by atoms with van der Waals surface area (Å²) >= 11 is 5.81. The third-order valence-corrected chi connectivity index (χ3v) is 2.19. The van der Waals surface area contributed by atoms with E-state index in [0.29, 0.717) is 6.10 Å². The largest absolute Gasteiger partial charge is 0.371 e. The molecule has 0 radical (unpaired) electrons. The molecule has 1 saturated heterocycles. The molecule has 0 amide bonds. The first-order valence-corrected chi connectivity index (χ1v) is 3.94.